The SMILES string of the molecule is CCCCCCCCC(N)CCCCC(N)CCCCCCCC. The lowest BCUT2D eigenvalue weighted by Gasteiger charge is -2.14. The molecule has 2 heteroatoms. The van der Waals surface area contributed by atoms with Crippen molar-refractivity contribution in [2.45, 2.75) is 142 Å². The molecule has 0 radical (unpaired) electrons. The van der Waals surface area contributed by atoms with E-state index in [1.165, 1.54) is 116 Å². The number of nitrogens with two attached hydrogens (primary N) is 2. The molecule has 2 atom stereocenters. The van der Waals surface area contributed by atoms with Gasteiger partial charge in [-0.2, -0.15) is 0 Å². The molecule has 0 fully saturated rings. The van der Waals surface area contributed by atoms with Gasteiger partial charge in [0.2, 0.25) is 0 Å². The van der Waals surface area contributed by atoms with Crippen LogP contribution in [-0.4, -0.2) is 12.1 Å². The average molecular weight is 341 g/mol. The Morgan fingerprint density at radius 3 is 1.00 bits per heavy atom. The molecule has 24 heavy (non-hydrogen) atoms. The monoisotopic (exact) mass is 340 g/mol. The van der Waals surface area contributed by atoms with Crippen LogP contribution in [0.15, 0.2) is 0 Å². The highest BCUT2D eigenvalue weighted by Gasteiger charge is 2.05. The first-order valence-electron chi connectivity index (χ1n) is 11.2. The van der Waals surface area contributed by atoms with E-state index in [0.29, 0.717) is 12.1 Å². The maximum absolute atomic E-state index is 6.24. The Bertz CT molecular complexity index is 206. The van der Waals surface area contributed by atoms with Gasteiger partial charge in [0.05, 0.1) is 0 Å². The van der Waals surface area contributed by atoms with Crippen molar-refractivity contribution in [2.24, 2.45) is 11.5 Å². The third kappa shape index (κ3) is 18.3. The molecule has 2 unspecified atom stereocenters. The zero-order chi connectivity index (χ0) is 17.9. The summed E-state index contributed by atoms with van der Waals surface area (Å²) in [6.45, 7) is 4.55. The number of unbranched alkanes of at least 4 members (excludes halogenated alkanes) is 11. The highest BCUT2D eigenvalue weighted by Crippen LogP contribution is 2.14. The number of rotatable bonds is 19. The highest BCUT2D eigenvalue weighted by molar-refractivity contribution is 4.65. The minimum atomic E-state index is 0.422. The van der Waals surface area contributed by atoms with Crippen molar-refractivity contribution in [3.63, 3.8) is 0 Å². The van der Waals surface area contributed by atoms with E-state index in [0.717, 1.165) is 0 Å². The summed E-state index contributed by atoms with van der Waals surface area (Å²) in [6.07, 6.45) is 23.8. The van der Waals surface area contributed by atoms with Gasteiger partial charge in [-0.15, -0.1) is 0 Å². The van der Waals surface area contributed by atoms with Crippen molar-refractivity contribution < 1.29 is 0 Å². The summed E-state index contributed by atoms with van der Waals surface area (Å²) in [5.74, 6) is 0. The lowest BCUT2D eigenvalue weighted by Crippen LogP contribution is -2.21. The zero-order valence-corrected chi connectivity index (χ0v) is 17.0. The van der Waals surface area contributed by atoms with Gasteiger partial charge in [-0.3, -0.25) is 0 Å². The second-order valence-electron chi connectivity index (χ2n) is 7.92. The summed E-state index contributed by atoms with van der Waals surface area (Å²) in [7, 11) is 0. The quantitative estimate of drug-likeness (QED) is 0.257. The molecule has 0 aromatic heterocycles. The van der Waals surface area contributed by atoms with Crippen LogP contribution in [0.4, 0.5) is 0 Å². The molecular weight excluding hydrogens is 292 g/mol. The van der Waals surface area contributed by atoms with Crippen molar-refractivity contribution in [1.82, 2.24) is 0 Å². The summed E-state index contributed by atoms with van der Waals surface area (Å²) in [5.41, 5.74) is 12.5. The number of hydrogen-bond acceptors (Lipinski definition) is 2. The maximum Gasteiger partial charge on any atom is 0.00388 e. The molecule has 0 aromatic rings. The molecule has 0 saturated carbocycles. The molecule has 0 bridgehead atoms. The summed E-state index contributed by atoms with van der Waals surface area (Å²) < 4.78 is 0. The van der Waals surface area contributed by atoms with E-state index in [1.807, 2.05) is 0 Å². The van der Waals surface area contributed by atoms with Crippen molar-refractivity contribution in [3.05, 3.63) is 0 Å². The molecule has 0 saturated heterocycles. The molecule has 0 aromatic carbocycles. The first-order valence-corrected chi connectivity index (χ1v) is 11.2. The summed E-state index contributed by atoms with van der Waals surface area (Å²) in [5, 5.41) is 0. The fraction of sp³-hybridized carbons (Fsp3) is 1.00. The maximum atomic E-state index is 6.24. The predicted molar refractivity (Wildman–Crippen MR) is 110 cm³/mol. The fourth-order valence-corrected chi connectivity index (χ4v) is 3.48. The Labute approximate surface area is 153 Å². The van der Waals surface area contributed by atoms with Crippen molar-refractivity contribution >= 4 is 0 Å². The topological polar surface area (TPSA) is 52.0 Å². The smallest absolute Gasteiger partial charge is 0.00388 e. The van der Waals surface area contributed by atoms with Crippen LogP contribution in [0.2, 0.25) is 0 Å². The van der Waals surface area contributed by atoms with Crippen LogP contribution in [0.3, 0.4) is 0 Å². The van der Waals surface area contributed by atoms with E-state index in [9.17, 15) is 0 Å². The van der Waals surface area contributed by atoms with Crippen LogP contribution in [0.5, 0.6) is 0 Å². The first-order chi connectivity index (χ1) is 11.7. The molecule has 0 rings (SSSR count). The normalized spacial score (nSPS) is 14.0. The van der Waals surface area contributed by atoms with E-state index >= 15 is 0 Å². The molecule has 2 nitrogen and oxygen atoms in total. The number of hydrogen-bond donors (Lipinski definition) is 2. The zero-order valence-electron chi connectivity index (χ0n) is 17.0. The van der Waals surface area contributed by atoms with Crippen LogP contribution in [-0.2, 0) is 0 Å². The minimum absolute atomic E-state index is 0.422. The Morgan fingerprint density at radius 2 is 0.667 bits per heavy atom. The van der Waals surface area contributed by atoms with E-state index < -0.39 is 0 Å². The van der Waals surface area contributed by atoms with Crippen molar-refractivity contribution in [3.8, 4) is 0 Å². The molecule has 0 heterocycles. The fourth-order valence-electron chi connectivity index (χ4n) is 3.48. The second kappa shape index (κ2) is 19.2. The van der Waals surface area contributed by atoms with E-state index in [-0.39, 0.29) is 0 Å². The Hall–Kier alpha value is -0.0800. The molecule has 146 valence electrons. The first kappa shape index (κ1) is 23.9. The largest absolute Gasteiger partial charge is 0.328 e. The van der Waals surface area contributed by atoms with Gasteiger partial charge >= 0.3 is 0 Å². The third-order valence-electron chi connectivity index (χ3n) is 5.26. The summed E-state index contributed by atoms with van der Waals surface area (Å²) >= 11 is 0. The Balaban J connectivity index is 3.28. The van der Waals surface area contributed by atoms with Gasteiger partial charge < -0.3 is 11.5 Å². The van der Waals surface area contributed by atoms with Gasteiger partial charge in [0.1, 0.15) is 0 Å². The van der Waals surface area contributed by atoms with E-state index in [1.54, 1.807) is 0 Å². The minimum Gasteiger partial charge on any atom is -0.328 e. The van der Waals surface area contributed by atoms with Gasteiger partial charge in [-0.05, 0) is 25.7 Å². The molecule has 0 amide bonds. The standard InChI is InChI=1S/C22H48N2/c1-3-5-7-9-11-13-17-21(23)19-15-16-20-22(24)18-14-12-10-8-6-4-2/h21-22H,3-20,23-24H2,1-2H3. The van der Waals surface area contributed by atoms with Gasteiger partial charge in [0.15, 0.2) is 0 Å². The van der Waals surface area contributed by atoms with Gasteiger partial charge in [0, 0.05) is 12.1 Å². The predicted octanol–water partition coefficient (Wildman–Crippen LogP) is 6.70. The van der Waals surface area contributed by atoms with Crippen molar-refractivity contribution in [2.75, 3.05) is 0 Å². The molecule has 0 aliphatic carbocycles. The van der Waals surface area contributed by atoms with Crippen LogP contribution in [0, 0.1) is 0 Å². The van der Waals surface area contributed by atoms with Gasteiger partial charge in [-0.1, -0.05) is 104 Å². The van der Waals surface area contributed by atoms with Crippen LogP contribution >= 0.6 is 0 Å². The Morgan fingerprint density at radius 1 is 0.417 bits per heavy atom. The van der Waals surface area contributed by atoms with Gasteiger partial charge in [-0.25, -0.2) is 0 Å². The van der Waals surface area contributed by atoms with Crippen LogP contribution < -0.4 is 11.5 Å². The lowest BCUT2D eigenvalue weighted by atomic mass is 9.98. The lowest BCUT2D eigenvalue weighted by molar-refractivity contribution is 0.459. The van der Waals surface area contributed by atoms with Crippen LogP contribution in [0.1, 0.15) is 129 Å². The molecule has 0 aliphatic rings. The summed E-state index contributed by atoms with van der Waals surface area (Å²) in [4.78, 5) is 0. The third-order valence-corrected chi connectivity index (χ3v) is 5.26. The molecule has 0 aliphatic heterocycles. The molecule has 4 N–H and O–H groups in total. The molecule has 0 spiro atoms. The van der Waals surface area contributed by atoms with E-state index in [2.05, 4.69) is 13.8 Å². The average Bonchev–Trinajstić information content (AvgIpc) is 2.58. The highest BCUT2D eigenvalue weighted by atomic mass is 14.6. The molecular formula is C22H48N2. The second-order valence-corrected chi connectivity index (χ2v) is 7.92. The van der Waals surface area contributed by atoms with Crippen molar-refractivity contribution in [1.29, 1.82) is 0 Å². The van der Waals surface area contributed by atoms with E-state index in [4.69, 9.17) is 11.5 Å². The van der Waals surface area contributed by atoms with Gasteiger partial charge in [0.25, 0.3) is 0 Å². The van der Waals surface area contributed by atoms with Crippen LogP contribution in [0.25, 0.3) is 0 Å². The summed E-state index contributed by atoms with van der Waals surface area (Å²) in [6, 6.07) is 0.844. The Kier molecular flexibility index (Phi) is 19.2.